The fraction of sp³-hybridized carbons (Fsp3) is 0.716. The number of unbranched alkanes of at least 4 members (excludes halogenated alkanes) is 28. The van der Waals surface area contributed by atoms with Gasteiger partial charge in [0.25, 0.3) is 0 Å². The van der Waals surface area contributed by atoms with Gasteiger partial charge in [0.1, 0.15) is 13.2 Å². The predicted octanol–water partition coefficient (Wildman–Crippen LogP) is 20.9. The van der Waals surface area contributed by atoms with Crippen LogP contribution in [0, 0.1) is 0 Å². The Bertz CT molecular complexity index is 1440. The van der Waals surface area contributed by atoms with Crippen LogP contribution in [0.5, 0.6) is 0 Å². The highest BCUT2D eigenvalue weighted by atomic mass is 16.6. The zero-order valence-electron chi connectivity index (χ0n) is 47.9. The highest BCUT2D eigenvalue weighted by molar-refractivity contribution is 5.71. The highest BCUT2D eigenvalue weighted by Gasteiger charge is 2.19. The Hall–Kier alpha value is -3.67. The number of allylic oxidation sites excluding steroid dienone is 16. The minimum Gasteiger partial charge on any atom is -0.462 e. The standard InChI is InChI=1S/C67H114O6/c1-4-7-10-13-16-19-22-25-27-28-29-30-31-32-33-34-35-36-37-38-40-42-45-48-51-54-57-60-66(69)72-63-64(62-71-65(68)59-56-53-50-47-44-41-24-21-18-15-12-9-6-3)73-67(70)61-58-55-52-49-46-43-39-26-23-20-17-14-11-8-5-2/h7,10,12,15-16,19,21,24-27,29-30,32-33,39,64H,4-6,8-9,11,13-14,17-18,20,22-23,28,31,34-38,40-63H2,1-3H3/b10-7-,15-12-,19-16-,24-21-,27-25-,30-29-,33-32-,39-26-. The first-order chi connectivity index (χ1) is 36.0. The summed E-state index contributed by atoms with van der Waals surface area (Å²) in [7, 11) is 0. The third kappa shape index (κ3) is 59.1. The minimum absolute atomic E-state index is 0.0862. The molecule has 1 atom stereocenters. The highest BCUT2D eigenvalue weighted by Crippen LogP contribution is 2.15. The molecule has 0 aromatic carbocycles. The lowest BCUT2D eigenvalue weighted by molar-refractivity contribution is -0.167. The molecule has 0 saturated carbocycles. The van der Waals surface area contributed by atoms with Crippen molar-refractivity contribution in [1.29, 1.82) is 0 Å². The van der Waals surface area contributed by atoms with Gasteiger partial charge in [-0.3, -0.25) is 14.4 Å². The van der Waals surface area contributed by atoms with Crippen LogP contribution in [-0.2, 0) is 28.6 Å². The van der Waals surface area contributed by atoms with E-state index in [0.29, 0.717) is 19.3 Å². The van der Waals surface area contributed by atoms with Crippen LogP contribution in [0.3, 0.4) is 0 Å². The topological polar surface area (TPSA) is 78.9 Å². The molecule has 0 aromatic heterocycles. The van der Waals surface area contributed by atoms with Crippen LogP contribution >= 0.6 is 0 Å². The van der Waals surface area contributed by atoms with E-state index in [-0.39, 0.29) is 31.1 Å². The van der Waals surface area contributed by atoms with Gasteiger partial charge in [0.2, 0.25) is 0 Å². The maximum atomic E-state index is 12.9. The quantitative estimate of drug-likeness (QED) is 0.0261. The van der Waals surface area contributed by atoms with Crippen molar-refractivity contribution in [1.82, 2.24) is 0 Å². The number of carbonyl (C=O) groups excluding carboxylic acids is 3. The second kappa shape index (κ2) is 60.9. The summed E-state index contributed by atoms with van der Waals surface area (Å²) in [6.45, 7) is 6.45. The summed E-state index contributed by atoms with van der Waals surface area (Å²) >= 11 is 0. The van der Waals surface area contributed by atoms with Crippen LogP contribution in [0.4, 0.5) is 0 Å². The molecule has 0 aliphatic rings. The molecule has 0 aliphatic carbocycles. The molecule has 0 bridgehead atoms. The van der Waals surface area contributed by atoms with E-state index >= 15 is 0 Å². The number of ether oxygens (including phenoxy) is 3. The lowest BCUT2D eigenvalue weighted by Gasteiger charge is -2.18. The van der Waals surface area contributed by atoms with Crippen molar-refractivity contribution in [3.05, 3.63) is 97.2 Å². The van der Waals surface area contributed by atoms with E-state index in [1.165, 1.54) is 116 Å². The van der Waals surface area contributed by atoms with E-state index in [9.17, 15) is 14.4 Å². The molecule has 0 saturated heterocycles. The van der Waals surface area contributed by atoms with Crippen molar-refractivity contribution in [3.63, 3.8) is 0 Å². The Morgan fingerprint density at radius 2 is 0.562 bits per heavy atom. The number of rotatable bonds is 55. The summed E-state index contributed by atoms with van der Waals surface area (Å²) in [6.07, 6.45) is 81.2. The van der Waals surface area contributed by atoms with Gasteiger partial charge in [-0.15, -0.1) is 0 Å². The van der Waals surface area contributed by atoms with Gasteiger partial charge >= 0.3 is 17.9 Å². The van der Waals surface area contributed by atoms with Gasteiger partial charge in [0.15, 0.2) is 6.10 Å². The van der Waals surface area contributed by atoms with Crippen LogP contribution in [0.15, 0.2) is 97.2 Å². The third-order valence-corrected chi connectivity index (χ3v) is 13.0. The van der Waals surface area contributed by atoms with Crippen LogP contribution < -0.4 is 0 Å². The molecule has 0 spiro atoms. The normalized spacial score (nSPS) is 12.8. The maximum absolute atomic E-state index is 12.9. The molecule has 73 heavy (non-hydrogen) atoms. The summed E-state index contributed by atoms with van der Waals surface area (Å²) in [5.41, 5.74) is 0. The SMILES string of the molecule is CC/C=C\C/C=C\C/C=C\C/C=C\C/C=C\CCCCCCCCCCCCCC(=O)OCC(COC(=O)CCCCCCC/C=C\C/C=C\CCC)OC(=O)CCCCCCC/C=C\CCCCCCCC. The maximum Gasteiger partial charge on any atom is 0.306 e. The predicted molar refractivity (Wildman–Crippen MR) is 316 cm³/mol. The van der Waals surface area contributed by atoms with Gasteiger partial charge in [-0.25, -0.2) is 0 Å². The molecular formula is C67H114O6. The minimum atomic E-state index is -0.789. The van der Waals surface area contributed by atoms with E-state index in [0.717, 1.165) is 135 Å². The second-order valence-corrected chi connectivity index (χ2v) is 20.2. The fourth-order valence-corrected chi connectivity index (χ4v) is 8.44. The summed E-state index contributed by atoms with van der Waals surface area (Å²) in [5.74, 6) is -0.906. The first-order valence-corrected chi connectivity index (χ1v) is 30.7. The summed E-state index contributed by atoms with van der Waals surface area (Å²) in [4.78, 5) is 38.2. The van der Waals surface area contributed by atoms with Crippen molar-refractivity contribution >= 4 is 17.9 Å². The van der Waals surface area contributed by atoms with Crippen molar-refractivity contribution < 1.29 is 28.6 Å². The molecule has 0 aliphatic heterocycles. The van der Waals surface area contributed by atoms with Gasteiger partial charge in [-0.2, -0.15) is 0 Å². The largest absolute Gasteiger partial charge is 0.462 e. The summed E-state index contributed by atoms with van der Waals surface area (Å²) < 4.78 is 16.9. The zero-order chi connectivity index (χ0) is 52.9. The number of esters is 3. The lowest BCUT2D eigenvalue weighted by Crippen LogP contribution is -2.30. The van der Waals surface area contributed by atoms with Crippen molar-refractivity contribution in [2.24, 2.45) is 0 Å². The van der Waals surface area contributed by atoms with Crippen molar-refractivity contribution in [2.75, 3.05) is 13.2 Å². The fourth-order valence-electron chi connectivity index (χ4n) is 8.44. The Labute approximate surface area is 451 Å². The first kappa shape index (κ1) is 69.3. The molecule has 0 fully saturated rings. The summed E-state index contributed by atoms with van der Waals surface area (Å²) in [6, 6.07) is 0. The van der Waals surface area contributed by atoms with E-state index < -0.39 is 6.10 Å². The van der Waals surface area contributed by atoms with Crippen LogP contribution in [-0.4, -0.2) is 37.2 Å². The number of carbonyl (C=O) groups is 3. The molecule has 6 heteroatoms. The average molecular weight is 1020 g/mol. The van der Waals surface area contributed by atoms with Gasteiger partial charge < -0.3 is 14.2 Å². The second-order valence-electron chi connectivity index (χ2n) is 20.2. The molecule has 418 valence electrons. The van der Waals surface area contributed by atoms with Crippen molar-refractivity contribution in [3.8, 4) is 0 Å². The first-order valence-electron chi connectivity index (χ1n) is 30.7. The zero-order valence-corrected chi connectivity index (χ0v) is 47.9. The smallest absolute Gasteiger partial charge is 0.306 e. The molecule has 0 rings (SSSR count). The van der Waals surface area contributed by atoms with E-state index in [4.69, 9.17) is 14.2 Å². The summed E-state index contributed by atoms with van der Waals surface area (Å²) in [5, 5.41) is 0. The Morgan fingerprint density at radius 1 is 0.288 bits per heavy atom. The van der Waals surface area contributed by atoms with Crippen LogP contribution in [0.2, 0.25) is 0 Å². The van der Waals surface area contributed by atoms with Gasteiger partial charge in [0.05, 0.1) is 0 Å². The monoisotopic (exact) mass is 1010 g/mol. The van der Waals surface area contributed by atoms with E-state index in [1.807, 2.05) is 0 Å². The Morgan fingerprint density at radius 3 is 0.904 bits per heavy atom. The lowest BCUT2D eigenvalue weighted by atomic mass is 10.0. The van der Waals surface area contributed by atoms with Gasteiger partial charge in [0, 0.05) is 19.3 Å². The van der Waals surface area contributed by atoms with Crippen LogP contribution in [0.1, 0.15) is 290 Å². The Kier molecular flexibility index (Phi) is 57.8. The third-order valence-electron chi connectivity index (χ3n) is 13.0. The van der Waals surface area contributed by atoms with E-state index in [1.54, 1.807) is 0 Å². The van der Waals surface area contributed by atoms with Crippen molar-refractivity contribution in [2.45, 2.75) is 297 Å². The molecule has 0 radical (unpaired) electrons. The molecule has 0 amide bonds. The van der Waals surface area contributed by atoms with Gasteiger partial charge in [-0.05, 0) is 116 Å². The number of hydrogen-bond donors (Lipinski definition) is 0. The Balaban J connectivity index is 4.29. The van der Waals surface area contributed by atoms with Gasteiger partial charge in [-0.1, -0.05) is 253 Å². The molecule has 6 nitrogen and oxygen atoms in total. The molecule has 1 unspecified atom stereocenters. The van der Waals surface area contributed by atoms with Crippen LogP contribution in [0.25, 0.3) is 0 Å². The molecule has 0 N–H and O–H groups in total. The van der Waals surface area contributed by atoms with E-state index in [2.05, 4.69) is 118 Å². The molecule has 0 aromatic rings. The average Bonchev–Trinajstić information content (AvgIpc) is 3.39. The number of hydrogen-bond acceptors (Lipinski definition) is 6. The molecular weight excluding hydrogens is 901 g/mol. The molecule has 0 heterocycles.